The van der Waals surface area contributed by atoms with E-state index < -0.39 is 12.2 Å². The van der Waals surface area contributed by atoms with Crippen LogP contribution < -0.4 is 10.6 Å². The Bertz CT molecular complexity index is 379. The molecule has 5 heteroatoms. The summed E-state index contributed by atoms with van der Waals surface area (Å²) in [5.74, 6) is 0.274. The number of carbonyl (C=O) groups is 1. The van der Waals surface area contributed by atoms with Crippen LogP contribution >= 0.6 is 0 Å². The summed E-state index contributed by atoms with van der Waals surface area (Å²) in [6.45, 7) is 2.17. The number of rotatable bonds is 2. The van der Waals surface area contributed by atoms with Gasteiger partial charge in [-0.1, -0.05) is 6.07 Å². The number of nitrogens with zero attached hydrogens (tertiary/aromatic N) is 1. The Morgan fingerprint density at radius 2 is 2.44 bits per heavy atom. The van der Waals surface area contributed by atoms with E-state index in [1.807, 2.05) is 13.0 Å². The number of hydrogen-bond donors (Lipinski definition) is 2. The van der Waals surface area contributed by atoms with Gasteiger partial charge in [0.05, 0.1) is 6.04 Å². The van der Waals surface area contributed by atoms with Crippen molar-refractivity contribution in [3.05, 3.63) is 23.9 Å². The maximum absolute atomic E-state index is 12.9. The number of aromatic nitrogens is 1. The molecule has 0 radical (unpaired) electrons. The number of nitrogens with one attached hydrogen (secondary N) is 2. The van der Waals surface area contributed by atoms with E-state index >= 15 is 0 Å². The van der Waals surface area contributed by atoms with E-state index in [0.717, 1.165) is 5.56 Å². The van der Waals surface area contributed by atoms with E-state index in [0.29, 0.717) is 5.82 Å². The van der Waals surface area contributed by atoms with Crippen LogP contribution in [0.4, 0.5) is 10.2 Å². The standard InChI is InChI=1S/C11H14FN3O/c1-7-2-3-10(14-5-7)15-11(16)9-4-8(12)6-13-9/h2-3,5,8-9,13H,4,6H2,1H3,(H,14,15,16)/t8-,9+/m1/s1. The molecule has 2 atom stereocenters. The number of alkyl halides is 1. The molecule has 1 saturated heterocycles. The van der Waals surface area contributed by atoms with Crippen LogP contribution in [-0.2, 0) is 4.79 Å². The highest BCUT2D eigenvalue weighted by atomic mass is 19.1. The Hall–Kier alpha value is -1.49. The fourth-order valence-corrected chi connectivity index (χ4v) is 1.65. The molecule has 1 fully saturated rings. The summed E-state index contributed by atoms with van der Waals surface area (Å²) in [6, 6.07) is 3.15. The molecule has 2 N–H and O–H groups in total. The van der Waals surface area contributed by atoms with Crippen molar-refractivity contribution in [3.63, 3.8) is 0 Å². The minimum absolute atomic E-state index is 0.225. The Balaban J connectivity index is 1.94. The first-order valence-electron chi connectivity index (χ1n) is 5.26. The summed E-state index contributed by atoms with van der Waals surface area (Å²) < 4.78 is 12.9. The van der Waals surface area contributed by atoms with Gasteiger partial charge in [0.1, 0.15) is 12.0 Å². The molecule has 0 unspecified atom stereocenters. The van der Waals surface area contributed by atoms with Gasteiger partial charge in [0.2, 0.25) is 5.91 Å². The average molecular weight is 223 g/mol. The predicted molar refractivity (Wildman–Crippen MR) is 58.9 cm³/mol. The fraction of sp³-hybridized carbons (Fsp3) is 0.455. The highest BCUT2D eigenvalue weighted by molar-refractivity contribution is 5.94. The van der Waals surface area contributed by atoms with Gasteiger partial charge in [-0.15, -0.1) is 0 Å². The topological polar surface area (TPSA) is 54.0 Å². The zero-order valence-corrected chi connectivity index (χ0v) is 9.03. The van der Waals surface area contributed by atoms with Crippen LogP contribution in [0.2, 0.25) is 0 Å². The van der Waals surface area contributed by atoms with Crippen LogP contribution in [0, 0.1) is 6.92 Å². The molecule has 0 aliphatic carbocycles. The van der Waals surface area contributed by atoms with Gasteiger partial charge in [-0.2, -0.15) is 0 Å². The molecule has 1 aromatic rings. The van der Waals surface area contributed by atoms with Crippen LogP contribution in [-0.4, -0.2) is 29.6 Å². The average Bonchev–Trinajstić information content (AvgIpc) is 2.68. The molecule has 86 valence electrons. The van der Waals surface area contributed by atoms with Crippen molar-refractivity contribution in [2.24, 2.45) is 0 Å². The molecule has 4 nitrogen and oxygen atoms in total. The molecule has 2 rings (SSSR count). The zero-order valence-electron chi connectivity index (χ0n) is 9.03. The lowest BCUT2D eigenvalue weighted by atomic mass is 10.2. The summed E-state index contributed by atoms with van der Waals surface area (Å²) >= 11 is 0. The second-order valence-corrected chi connectivity index (χ2v) is 4.00. The van der Waals surface area contributed by atoms with Crippen LogP contribution in [0.5, 0.6) is 0 Å². The molecule has 16 heavy (non-hydrogen) atoms. The van der Waals surface area contributed by atoms with Gasteiger partial charge in [-0.3, -0.25) is 4.79 Å². The predicted octanol–water partition coefficient (Wildman–Crippen LogP) is 1.03. The van der Waals surface area contributed by atoms with Crippen molar-refractivity contribution in [3.8, 4) is 0 Å². The Morgan fingerprint density at radius 3 is 3.00 bits per heavy atom. The molecule has 1 aromatic heterocycles. The van der Waals surface area contributed by atoms with Gasteiger partial charge in [0, 0.05) is 19.2 Å². The molecule has 0 bridgehead atoms. The van der Waals surface area contributed by atoms with Gasteiger partial charge in [-0.25, -0.2) is 9.37 Å². The third-order valence-electron chi connectivity index (χ3n) is 2.56. The van der Waals surface area contributed by atoms with Gasteiger partial charge in [0.25, 0.3) is 0 Å². The quantitative estimate of drug-likeness (QED) is 0.787. The van der Waals surface area contributed by atoms with E-state index in [1.165, 1.54) is 0 Å². The molecular weight excluding hydrogens is 209 g/mol. The first-order chi connectivity index (χ1) is 7.65. The molecule has 0 spiro atoms. The first kappa shape index (κ1) is 11.0. The Morgan fingerprint density at radius 1 is 1.62 bits per heavy atom. The third-order valence-corrected chi connectivity index (χ3v) is 2.56. The van der Waals surface area contributed by atoms with Crippen LogP contribution in [0.1, 0.15) is 12.0 Å². The van der Waals surface area contributed by atoms with Gasteiger partial charge in [0.15, 0.2) is 0 Å². The number of pyridine rings is 1. The largest absolute Gasteiger partial charge is 0.309 e. The third kappa shape index (κ3) is 2.55. The second-order valence-electron chi connectivity index (χ2n) is 4.00. The molecular formula is C11H14FN3O. The van der Waals surface area contributed by atoms with Crippen molar-refractivity contribution in [2.75, 3.05) is 11.9 Å². The highest BCUT2D eigenvalue weighted by Crippen LogP contribution is 2.12. The Labute approximate surface area is 93.3 Å². The number of aryl methyl sites for hydroxylation is 1. The summed E-state index contributed by atoms with van der Waals surface area (Å²) in [7, 11) is 0. The van der Waals surface area contributed by atoms with Crippen LogP contribution in [0.15, 0.2) is 18.3 Å². The van der Waals surface area contributed by atoms with Crippen molar-refractivity contribution in [2.45, 2.75) is 25.6 Å². The first-order valence-corrected chi connectivity index (χ1v) is 5.26. The van der Waals surface area contributed by atoms with Crippen molar-refractivity contribution in [1.82, 2.24) is 10.3 Å². The van der Waals surface area contributed by atoms with E-state index in [-0.39, 0.29) is 18.9 Å². The molecule has 0 saturated carbocycles. The zero-order chi connectivity index (χ0) is 11.5. The molecule has 1 amide bonds. The van der Waals surface area contributed by atoms with E-state index in [1.54, 1.807) is 12.3 Å². The van der Waals surface area contributed by atoms with Gasteiger partial charge in [-0.05, 0) is 18.6 Å². The SMILES string of the molecule is Cc1ccc(NC(=O)[C@@H]2C[C@@H](F)CN2)nc1. The molecule has 1 aliphatic heterocycles. The molecule has 1 aliphatic rings. The number of halogens is 1. The number of hydrogen-bond acceptors (Lipinski definition) is 3. The lowest BCUT2D eigenvalue weighted by Crippen LogP contribution is -2.35. The summed E-state index contributed by atoms with van der Waals surface area (Å²) in [6.07, 6.45) is 0.981. The van der Waals surface area contributed by atoms with Crippen LogP contribution in [0.3, 0.4) is 0 Å². The minimum Gasteiger partial charge on any atom is -0.309 e. The fourth-order valence-electron chi connectivity index (χ4n) is 1.65. The lowest BCUT2D eigenvalue weighted by molar-refractivity contribution is -0.117. The van der Waals surface area contributed by atoms with Crippen molar-refractivity contribution < 1.29 is 9.18 Å². The van der Waals surface area contributed by atoms with E-state index in [2.05, 4.69) is 15.6 Å². The summed E-state index contributed by atoms with van der Waals surface area (Å²) in [5.41, 5.74) is 1.03. The highest BCUT2D eigenvalue weighted by Gasteiger charge is 2.29. The monoisotopic (exact) mass is 223 g/mol. The maximum atomic E-state index is 12.9. The number of amides is 1. The summed E-state index contributed by atoms with van der Waals surface area (Å²) in [5, 5.41) is 5.48. The minimum atomic E-state index is -0.929. The van der Waals surface area contributed by atoms with E-state index in [4.69, 9.17) is 0 Å². The smallest absolute Gasteiger partial charge is 0.242 e. The maximum Gasteiger partial charge on any atom is 0.242 e. The second kappa shape index (κ2) is 4.57. The Kier molecular flexibility index (Phi) is 3.14. The molecule has 2 heterocycles. The molecule has 0 aromatic carbocycles. The van der Waals surface area contributed by atoms with Gasteiger partial charge >= 0.3 is 0 Å². The lowest BCUT2D eigenvalue weighted by Gasteiger charge is -2.10. The van der Waals surface area contributed by atoms with E-state index in [9.17, 15) is 9.18 Å². The van der Waals surface area contributed by atoms with Crippen molar-refractivity contribution >= 4 is 11.7 Å². The van der Waals surface area contributed by atoms with Crippen molar-refractivity contribution in [1.29, 1.82) is 0 Å². The number of anilines is 1. The van der Waals surface area contributed by atoms with Crippen LogP contribution in [0.25, 0.3) is 0 Å². The van der Waals surface area contributed by atoms with Gasteiger partial charge < -0.3 is 10.6 Å². The normalized spacial score (nSPS) is 24.4. The number of carbonyl (C=O) groups excluding carboxylic acids is 1. The summed E-state index contributed by atoms with van der Waals surface area (Å²) in [4.78, 5) is 15.7.